The van der Waals surface area contributed by atoms with Crippen LogP contribution < -0.4 is 4.73 Å². The van der Waals surface area contributed by atoms with Gasteiger partial charge in [0.25, 0.3) is 9.84 Å². The molecule has 0 radical (unpaired) electrons. The minimum atomic E-state index is -3.94. The summed E-state index contributed by atoms with van der Waals surface area (Å²) in [5.74, 6) is 0. The van der Waals surface area contributed by atoms with E-state index >= 15 is 0 Å². The van der Waals surface area contributed by atoms with Crippen molar-refractivity contribution < 1.29 is 13.1 Å². The molecule has 0 spiro atoms. The van der Waals surface area contributed by atoms with E-state index in [0.29, 0.717) is 10.3 Å². The molecule has 0 bridgehead atoms. The van der Waals surface area contributed by atoms with Gasteiger partial charge in [0.05, 0.1) is 0 Å². The van der Waals surface area contributed by atoms with E-state index in [1.807, 2.05) is 13.0 Å². The first kappa shape index (κ1) is 14.8. The first-order chi connectivity index (χ1) is 9.34. The number of aryl methyl sites for hydroxylation is 2. The molecule has 1 atom stereocenters. The van der Waals surface area contributed by atoms with Gasteiger partial charge in [-0.05, 0) is 31.0 Å². The van der Waals surface area contributed by atoms with Gasteiger partial charge in [-0.15, -0.1) is 0 Å². The van der Waals surface area contributed by atoms with Crippen LogP contribution in [0.4, 0.5) is 0 Å². The van der Waals surface area contributed by atoms with Crippen LogP contribution in [0.3, 0.4) is 0 Å². The summed E-state index contributed by atoms with van der Waals surface area (Å²) in [5.41, 5.74) is 2.29. The molecule has 2 rings (SSSR count). The number of hydrogen-bond donors (Lipinski definition) is 0. The molecule has 2 aromatic rings. The molecule has 0 N–H and O–H groups in total. The molecule has 0 aliphatic heterocycles. The van der Waals surface area contributed by atoms with Gasteiger partial charge >= 0.3 is 5.03 Å². The van der Waals surface area contributed by atoms with Crippen LogP contribution in [0.15, 0.2) is 47.6 Å². The molecular weight excluding hydrogens is 298 g/mol. The van der Waals surface area contributed by atoms with E-state index in [4.69, 9.17) is 11.6 Å². The number of benzene rings is 1. The van der Waals surface area contributed by atoms with Crippen LogP contribution in [0.2, 0.25) is 0 Å². The highest BCUT2D eigenvalue weighted by Crippen LogP contribution is 2.33. The fourth-order valence-electron chi connectivity index (χ4n) is 1.99. The molecule has 0 aliphatic rings. The van der Waals surface area contributed by atoms with Crippen LogP contribution in [0.1, 0.15) is 21.4 Å². The molecule has 4 nitrogen and oxygen atoms in total. The fourth-order valence-corrected chi connectivity index (χ4v) is 3.90. The average molecular weight is 312 g/mol. The second-order valence-corrected chi connectivity index (χ2v) is 7.26. The van der Waals surface area contributed by atoms with Crippen molar-refractivity contribution in [2.45, 2.75) is 23.6 Å². The molecule has 106 valence electrons. The molecule has 20 heavy (non-hydrogen) atoms. The van der Waals surface area contributed by atoms with Crippen molar-refractivity contribution in [3.05, 3.63) is 64.5 Å². The first-order valence-corrected chi connectivity index (χ1v) is 7.95. The number of sulfone groups is 1. The van der Waals surface area contributed by atoms with Crippen molar-refractivity contribution in [1.82, 2.24) is 0 Å². The van der Waals surface area contributed by atoms with E-state index in [0.717, 1.165) is 17.3 Å². The Balaban J connectivity index is 2.52. The monoisotopic (exact) mass is 311 g/mol. The number of nitrogens with zero attached hydrogens (tertiary/aromatic N) is 1. The molecule has 1 unspecified atom stereocenters. The number of aromatic nitrogens is 1. The van der Waals surface area contributed by atoms with Crippen molar-refractivity contribution >= 4 is 21.4 Å². The molecule has 0 amide bonds. The van der Waals surface area contributed by atoms with Crippen LogP contribution in [-0.2, 0) is 9.84 Å². The van der Waals surface area contributed by atoms with Crippen molar-refractivity contribution in [2.75, 3.05) is 0 Å². The van der Waals surface area contributed by atoms with E-state index in [1.165, 1.54) is 18.2 Å². The van der Waals surface area contributed by atoms with E-state index in [9.17, 15) is 13.6 Å². The van der Waals surface area contributed by atoms with Gasteiger partial charge in [-0.2, -0.15) is 4.73 Å². The smallest absolute Gasteiger partial charge is 0.310 e. The second-order valence-electron chi connectivity index (χ2n) is 4.59. The van der Waals surface area contributed by atoms with Gasteiger partial charge in [0.2, 0.25) is 0 Å². The summed E-state index contributed by atoms with van der Waals surface area (Å²) >= 11 is 6.12. The third-order valence-electron chi connectivity index (χ3n) is 3.02. The van der Waals surface area contributed by atoms with Crippen LogP contribution in [0.25, 0.3) is 0 Å². The third kappa shape index (κ3) is 2.64. The normalized spacial score (nSPS) is 13.2. The summed E-state index contributed by atoms with van der Waals surface area (Å²) in [6, 6.07) is 9.54. The molecule has 1 aromatic heterocycles. The highest BCUT2D eigenvalue weighted by Gasteiger charge is 2.34. The maximum Gasteiger partial charge on any atom is 0.310 e. The maximum absolute atomic E-state index is 12.4. The van der Waals surface area contributed by atoms with Gasteiger partial charge < -0.3 is 5.21 Å². The summed E-state index contributed by atoms with van der Waals surface area (Å²) in [5, 5.41) is 11.3. The summed E-state index contributed by atoms with van der Waals surface area (Å²) in [6.45, 7) is 3.71. The molecule has 1 heterocycles. The second kappa shape index (κ2) is 5.42. The SMILES string of the molecule is Cc1ccc(C(Cl)S(=O)(=O)c2cccc[n+]2[O-])c(C)c1. The predicted molar refractivity (Wildman–Crippen MR) is 77.1 cm³/mol. The Bertz CT molecular complexity index is 744. The number of pyridine rings is 1. The number of halogens is 1. The summed E-state index contributed by atoms with van der Waals surface area (Å²) < 4.78 is 23.9. The molecule has 0 saturated heterocycles. The molecule has 6 heteroatoms. The minimum absolute atomic E-state index is 0.314. The zero-order valence-corrected chi connectivity index (χ0v) is 12.6. The standard InChI is InChI=1S/C14H14ClNO3S/c1-10-6-7-12(11(2)9-10)14(15)20(18,19)13-5-3-4-8-16(13)17/h3-9,14H,1-2H3. The van der Waals surface area contributed by atoms with Crippen molar-refractivity contribution in [3.63, 3.8) is 0 Å². The van der Waals surface area contributed by atoms with Crippen LogP contribution in [0, 0.1) is 19.1 Å². The van der Waals surface area contributed by atoms with Crippen LogP contribution in [0.5, 0.6) is 0 Å². The Morgan fingerprint density at radius 3 is 2.50 bits per heavy atom. The van der Waals surface area contributed by atoms with Gasteiger partial charge in [-0.3, -0.25) is 0 Å². The molecular formula is C14H14ClNO3S. The Kier molecular flexibility index (Phi) is 4.01. The van der Waals surface area contributed by atoms with E-state index < -0.39 is 14.5 Å². The lowest BCUT2D eigenvalue weighted by atomic mass is 10.1. The Hall–Kier alpha value is -1.59. The highest BCUT2D eigenvalue weighted by molar-refractivity contribution is 7.92. The zero-order chi connectivity index (χ0) is 14.9. The lowest BCUT2D eigenvalue weighted by Crippen LogP contribution is -2.34. The highest BCUT2D eigenvalue weighted by atomic mass is 35.5. The number of hydrogen-bond acceptors (Lipinski definition) is 3. The predicted octanol–water partition coefficient (Wildman–Crippen LogP) is 2.65. The summed E-state index contributed by atoms with van der Waals surface area (Å²) in [4.78, 5) is 0. The maximum atomic E-state index is 12.4. The molecule has 1 aromatic carbocycles. The van der Waals surface area contributed by atoms with Gasteiger partial charge in [-0.25, -0.2) is 8.42 Å². The van der Waals surface area contributed by atoms with Gasteiger partial charge in [0.15, 0.2) is 10.9 Å². The fraction of sp³-hybridized carbons (Fsp3) is 0.214. The summed E-state index contributed by atoms with van der Waals surface area (Å²) in [7, 11) is -3.94. The largest absolute Gasteiger partial charge is 0.618 e. The van der Waals surface area contributed by atoms with Gasteiger partial charge in [0.1, 0.15) is 0 Å². The summed E-state index contributed by atoms with van der Waals surface area (Å²) in [6.07, 6.45) is 1.14. The number of alkyl halides is 1. The van der Waals surface area contributed by atoms with Crippen molar-refractivity contribution in [2.24, 2.45) is 0 Å². The zero-order valence-electron chi connectivity index (χ0n) is 11.1. The van der Waals surface area contributed by atoms with E-state index in [1.54, 1.807) is 19.1 Å². The Labute approximate surface area is 123 Å². The Morgan fingerprint density at radius 1 is 1.20 bits per heavy atom. The lowest BCUT2D eigenvalue weighted by molar-refractivity contribution is -0.646. The van der Waals surface area contributed by atoms with E-state index in [2.05, 4.69) is 0 Å². The van der Waals surface area contributed by atoms with E-state index in [-0.39, 0.29) is 5.03 Å². The number of rotatable bonds is 3. The van der Waals surface area contributed by atoms with Crippen molar-refractivity contribution in [1.29, 1.82) is 0 Å². The first-order valence-electron chi connectivity index (χ1n) is 5.97. The average Bonchev–Trinajstić information content (AvgIpc) is 2.38. The van der Waals surface area contributed by atoms with Crippen LogP contribution >= 0.6 is 11.6 Å². The molecule has 0 fully saturated rings. The van der Waals surface area contributed by atoms with Crippen LogP contribution in [-0.4, -0.2) is 8.42 Å². The van der Waals surface area contributed by atoms with Crippen molar-refractivity contribution in [3.8, 4) is 0 Å². The van der Waals surface area contributed by atoms with Gasteiger partial charge in [0, 0.05) is 12.1 Å². The van der Waals surface area contributed by atoms with Gasteiger partial charge in [-0.1, -0.05) is 35.4 Å². The minimum Gasteiger partial charge on any atom is -0.618 e. The Morgan fingerprint density at radius 2 is 1.90 bits per heavy atom. The molecule has 0 aliphatic carbocycles. The lowest BCUT2D eigenvalue weighted by Gasteiger charge is -2.13. The third-order valence-corrected chi connectivity index (χ3v) is 5.66. The quantitative estimate of drug-likeness (QED) is 0.497. The molecule has 0 saturated carbocycles. The topological polar surface area (TPSA) is 61.1 Å².